The minimum absolute atomic E-state index is 0.861. The van der Waals surface area contributed by atoms with Crippen molar-refractivity contribution in [3.63, 3.8) is 0 Å². The highest BCUT2D eigenvalue weighted by atomic mass is 127. The lowest BCUT2D eigenvalue weighted by molar-refractivity contribution is 0.266. The molecule has 2 nitrogen and oxygen atoms in total. The van der Waals surface area contributed by atoms with E-state index in [0.717, 1.165) is 12.5 Å². The molecule has 1 saturated carbocycles. The van der Waals surface area contributed by atoms with Gasteiger partial charge in [-0.1, -0.05) is 18.6 Å². The van der Waals surface area contributed by atoms with Crippen LogP contribution in [0.4, 0.5) is 0 Å². The second kappa shape index (κ2) is 4.80. The van der Waals surface area contributed by atoms with E-state index in [0.29, 0.717) is 0 Å². The molecule has 0 saturated heterocycles. The van der Waals surface area contributed by atoms with E-state index >= 15 is 0 Å². The molecule has 3 rings (SSSR count). The molecule has 2 aromatic rings. The molecule has 0 spiro atoms. The molecule has 0 unspecified atom stereocenters. The maximum Gasteiger partial charge on any atom is 0.0568 e. The summed E-state index contributed by atoms with van der Waals surface area (Å²) in [5.74, 6) is 0.861. The Morgan fingerprint density at radius 2 is 1.94 bits per heavy atom. The van der Waals surface area contributed by atoms with Gasteiger partial charge in [-0.15, -0.1) is 0 Å². The zero-order valence-corrected chi connectivity index (χ0v) is 11.8. The van der Waals surface area contributed by atoms with Crippen LogP contribution in [0.15, 0.2) is 36.7 Å². The van der Waals surface area contributed by atoms with Gasteiger partial charge in [0.2, 0.25) is 0 Å². The molecule has 0 atom stereocenters. The fraction of sp³-hybridized carbons (Fsp3) is 0.357. The van der Waals surface area contributed by atoms with Crippen LogP contribution in [-0.4, -0.2) is 9.78 Å². The minimum Gasteiger partial charge on any atom is -0.272 e. The lowest BCUT2D eigenvalue weighted by Crippen LogP contribution is -2.18. The molecule has 1 aromatic carbocycles. The Balaban J connectivity index is 1.76. The van der Waals surface area contributed by atoms with Crippen molar-refractivity contribution in [2.75, 3.05) is 0 Å². The minimum atomic E-state index is 0.861. The highest BCUT2D eigenvalue weighted by molar-refractivity contribution is 14.1. The first kappa shape index (κ1) is 11.3. The maximum atomic E-state index is 4.45. The summed E-state index contributed by atoms with van der Waals surface area (Å²) < 4.78 is 3.37. The van der Waals surface area contributed by atoms with Gasteiger partial charge in [0.15, 0.2) is 0 Å². The van der Waals surface area contributed by atoms with Crippen molar-refractivity contribution < 1.29 is 0 Å². The van der Waals surface area contributed by atoms with Gasteiger partial charge in [-0.25, -0.2) is 0 Å². The van der Waals surface area contributed by atoms with Crippen LogP contribution in [0.1, 0.15) is 19.3 Å². The first-order chi connectivity index (χ1) is 8.31. The quantitative estimate of drug-likeness (QED) is 0.775. The molecule has 0 aliphatic heterocycles. The van der Waals surface area contributed by atoms with Crippen LogP contribution in [-0.2, 0) is 6.54 Å². The van der Waals surface area contributed by atoms with Crippen molar-refractivity contribution in [3.05, 3.63) is 40.2 Å². The van der Waals surface area contributed by atoms with Gasteiger partial charge in [0.05, 0.1) is 6.20 Å². The van der Waals surface area contributed by atoms with Crippen LogP contribution in [0.25, 0.3) is 11.1 Å². The van der Waals surface area contributed by atoms with Crippen molar-refractivity contribution in [2.24, 2.45) is 5.92 Å². The summed E-state index contributed by atoms with van der Waals surface area (Å²) >= 11 is 2.33. The van der Waals surface area contributed by atoms with Gasteiger partial charge >= 0.3 is 0 Å². The van der Waals surface area contributed by atoms with Crippen LogP contribution in [0.5, 0.6) is 0 Å². The third kappa shape index (κ3) is 2.54. The highest BCUT2D eigenvalue weighted by Crippen LogP contribution is 2.28. The van der Waals surface area contributed by atoms with E-state index in [1.54, 1.807) is 0 Å². The third-order valence-corrected chi connectivity index (χ3v) is 4.20. The van der Waals surface area contributed by atoms with Gasteiger partial charge in [-0.05, 0) is 59.0 Å². The molecule has 17 heavy (non-hydrogen) atoms. The average Bonchev–Trinajstić information content (AvgIpc) is 2.73. The molecule has 88 valence electrons. The van der Waals surface area contributed by atoms with E-state index in [-0.39, 0.29) is 0 Å². The molecule has 1 fully saturated rings. The van der Waals surface area contributed by atoms with Crippen LogP contribution in [0, 0.1) is 9.49 Å². The third-order valence-electron chi connectivity index (χ3n) is 3.48. The molecule has 3 heteroatoms. The molecule has 0 bridgehead atoms. The van der Waals surface area contributed by atoms with E-state index in [1.165, 1.54) is 34.0 Å². The van der Waals surface area contributed by atoms with Crippen molar-refractivity contribution in [1.82, 2.24) is 9.78 Å². The standard InChI is InChI=1S/C14H15IN2/c15-14-6-4-12(5-7-14)13-8-16-17(10-13)9-11-2-1-3-11/h4-8,10-11H,1-3,9H2. The number of benzene rings is 1. The Morgan fingerprint density at radius 3 is 2.59 bits per heavy atom. The lowest BCUT2D eigenvalue weighted by Gasteiger charge is -2.24. The Hall–Kier alpha value is -0.840. The summed E-state index contributed by atoms with van der Waals surface area (Å²) in [6.45, 7) is 1.09. The summed E-state index contributed by atoms with van der Waals surface area (Å²) in [5.41, 5.74) is 2.48. The Labute approximate surface area is 115 Å². The topological polar surface area (TPSA) is 17.8 Å². The first-order valence-electron chi connectivity index (χ1n) is 6.10. The number of rotatable bonds is 3. The number of halogens is 1. The van der Waals surface area contributed by atoms with Crippen molar-refractivity contribution in [2.45, 2.75) is 25.8 Å². The lowest BCUT2D eigenvalue weighted by atomic mass is 9.85. The Bertz CT molecular complexity index is 497. The van der Waals surface area contributed by atoms with Crippen molar-refractivity contribution in [1.29, 1.82) is 0 Å². The molecule has 0 N–H and O–H groups in total. The summed E-state index contributed by atoms with van der Waals surface area (Å²) in [7, 11) is 0. The van der Waals surface area contributed by atoms with E-state index < -0.39 is 0 Å². The highest BCUT2D eigenvalue weighted by Gasteiger charge is 2.18. The predicted octanol–water partition coefficient (Wildman–Crippen LogP) is 3.95. The van der Waals surface area contributed by atoms with Crippen LogP contribution in [0.3, 0.4) is 0 Å². The SMILES string of the molecule is Ic1ccc(-c2cnn(CC3CCC3)c2)cc1. The van der Waals surface area contributed by atoms with Gasteiger partial charge in [-0.2, -0.15) is 5.10 Å². The zero-order chi connectivity index (χ0) is 11.7. The largest absolute Gasteiger partial charge is 0.272 e. The second-order valence-electron chi connectivity index (χ2n) is 4.75. The molecule has 1 aliphatic carbocycles. The summed E-state index contributed by atoms with van der Waals surface area (Å²) in [4.78, 5) is 0. The predicted molar refractivity (Wildman–Crippen MR) is 77.7 cm³/mol. The number of hydrogen-bond donors (Lipinski definition) is 0. The fourth-order valence-electron chi connectivity index (χ4n) is 2.19. The summed E-state index contributed by atoms with van der Waals surface area (Å²) in [6.07, 6.45) is 8.29. The van der Waals surface area contributed by atoms with Gasteiger partial charge in [0, 0.05) is 21.9 Å². The Morgan fingerprint density at radius 1 is 1.18 bits per heavy atom. The van der Waals surface area contributed by atoms with E-state index in [4.69, 9.17) is 0 Å². The van der Waals surface area contributed by atoms with Gasteiger partial charge in [-0.3, -0.25) is 4.68 Å². The molecule has 1 aromatic heterocycles. The normalized spacial score (nSPS) is 15.8. The van der Waals surface area contributed by atoms with Crippen molar-refractivity contribution >= 4 is 22.6 Å². The molecular weight excluding hydrogens is 323 g/mol. The average molecular weight is 338 g/mol. The molecule has 1 heterocycles. The summed E-state index contributed by atoms with van der Waals surface area (Å²) in [5, 5.41) is 4.45. The molecule has 0 amide bonds. The van der Waals surface area contributed by atoms with Crippen molar-refractivity contribution in [3.8, 4) is 11.1 Å². The van der Waals surface area contributed by atoms with Gasteiger partial charge in [0.25, 0.3) is 0 Å². The monoisotopic (exact) mass is 338 g/mol. The second-order valence-corrected chi connectivity index (χ2v) is 6.00. The van der Waals surface area contributed by atoms with E-state index in [1.807, 2.05) is 6.20 Å². The smallest absolute Gasteiger partial charge is 0.0568 e. The molecule has 1 aliphatic rings. The van der Waals surface area contributed by atoms with Gasteiger partial charge < -0.3 is 0 Å². The zero-order valence-electron chi connectivity index (χ0n) is 9.64. The number of aromatic nitrogens is 2. The molecular formula is C14H15IN2. The van der Waals surface area contributed by atoms with Crippen LogP contribution in [0.2, 0.25) is 0 Å². The Kier molecular flexibility index (Phi) is 3.18. The van der Waals surface area contributed by atoms with Crippen LogP contribution < -0.4 is 0 Å². The summed E-state index contributed by atoms with van der Waals surface area (Å²) in [6, 6.07) is 8.59. The van der Waals surface area contributed by atoms with Gasteiger partial charge in [0.1, 0.15) is 0 Å². The number of hydrogen-bond acceptors (Lipinski definition) is 1. The molecule has 0 radical (unpaired) electrons. The van der Waals surface area contributed by atoms with Crippen LogP contribution >= 0.6 is 22.6 Å². The fourth-order valence-corrected chi connectivity index (χ4v) is 2.55. The van der Waals surface area contributed by atoms with E-state index in [9.17, 15) is 0 Å². The number of nitrogens with zero attached hydrogens (tertiary/aromatic N) is 2. The first-order valence-corrected chi connectivity index (χ1v) is 7.17. The van der Waals surface area contributed by atoms with E-state index in [2.05, 4.69) is 62.8 Å². The maximum absolute atomic E-state index is 4.45.